The van der Waals surface area contributed by atoms with Crippen LogP contribution in [-0.2, 0) is 16.4 Å². The average Bonchev–Trinajstić information content (AvgIpc) is 3.01. The van der Waals surface area contributed by atoms with Gasteiger partial charge in [-0.15, -0.1) is 0 Å². The molecule has 2 rings (SSSR count). The first-order chi connectivity index (χ1) is 8.55. The fourth-order valence-corrected chi connectivity index (χ4v) is 2.46. The molecule has 0 atom stereocenters. The Morgan fingerprint density at radius 1 is 1.39 bits per heavy atom. The van der Waals surface area contributed by atoms with E-state index in [0.717, 1.165) is 12.8 Å². The van der Waals surface area contributed by atoms with Gasteiger partial charge in [0.1, 0.15) is 0 Å². The highest BCUT2D eigenvalue weighted by atomic mass is 32.2. The number of sulfonamides is 1. The molecule has 1 aliphatic rings. The minimum atomic E-state index is -3.22. The van der Waals surface area contributed by atoms with Crippen LogP contribution in [0.1, 0.15) is 24.6 Å². The summed E-state index contributed by atoms with van der Waals surface area (Å²) in [5.74, 6) is 1.11. The van der Waals surface area contributed by atoms with Gasteiger partial charge in [0.05, 0.1) is 5.75 Å². The fourth-order valence-electron chi connectivity index (χ4n) is 1.51. The summed E-state index contributed by atoms with van der Waals surface area (Å²) in [4.78, 5) is 4.00. The lowest BCUT2D eigenvalue weighted by atomic mass is 10.4. The molecule has 102 valence electrons. The Hall–Kier alpha value is -0.990. The largest absolute Gasteiger partial charge is 0.339 e. The highest BCUT2D eigenvalue weighted by molar-refractivity contribution is 7.89. The Balaban J connectivity index is 1.64. The molecule has 8 heteroatoms. The van der Waals surface area contributed by atoms with Gasteiger partial charge in [0.25, 0.3) is 0 Å². The highest BCUT2D eigenvalue weighted by Crippen LogP contribution is 2.17. The number of hydrogen-bond donors (Lipinski definition) is 2. The summed E-state index contributed by atoms with van der Waals surface area (Å²) >= 11 is 0. The predicted molar refractivity (Wildman–Crippen MR) is 65.6 cm³/mol. The molecule has 0 aliphatic heterocycles. The predicted octanol–water partition coefficient (Wildman–Crippen LogP) is -0.408. The van der Waals surface area contributed by atoms with Gasteiger partial charge in [-0.1, -0.05) is 5.16 Å². The van der Waals surface area contributed by atoms with Crippen molar-refractivity contribution < 1.29 is 12.9 Å². The van der Waals surface area contributed by atoms with Crippen LogP contribution in [0.3, 0.4) is 0 Å². The van der Waals surface area contributed by atoms with Gasteiger partial charge < -0.3 is 9.84 Å². The van der Waals surface area contributed by atoms with Gasteiger partial charge in [-0.2, -0.15) is 4.98 Å². The number of hydrogen-bond acceptors (Lipinski definition) is 6. The molecule has 1 saturated carbocycles. The zero-order chi connectivity index (χ0) is 13.0. The Morgan fingerprint density at radius 3 is 2.78 bits per heavy atom. The second-order valence-electron chi connectivity index (χ2n) is 4.43. The van der Waals surface area contributed by atoms with E-state index in [1.807, 2.05) is 0 Å². The number of aromatic nitrogens is 2. The molecule has 1 aromatic heterocycles. The van der Waals surface area contributed by atoms with Crippen molar-refractivity contribution in [3.63, 3.8) is 0 Å². The van der Waals surface area contributed by atoms with Crippen LogP contribution in [0.15, 0.2) is 4.52 Å². The first-order valence-corrected chi connectivity index (χ1v) is 7.70. The Kier molecular flexibility index (Phi) is 4.31. The van der Waals surface area contributed by atoms with E-state index in [4.69, 9.17) is 4.52 Å². The second kappa shape index (κ2) is 5.77. The monoisotopic (exact) mass is 274 g/mol. The van der Waals surface area contributed by atoms with Crippen LogP contribution in [0, 0.1) is 6.92 Å². The van der Waals surface area contributed by atoms with E-state index in [9.17, 15) is 8.42 Å². The first-order valence-electron chi connectivity index (χ1n) is 6.05. The van der Waals surface area contributed by atoms with E-state index in [0.29, 0.717) is 30.7 Å². The molecule has 0 aromatic carbocycles. The molecular weight excluding hydrogens is 256 g/mol. The smallest absolute Gasteiger partial charge is 0.227 e. The van der Waals surface area contributed by atoms with Crippen molar-refractivity contribution in [2.24, 2.45) is 0 Å². The third kappa shape index (κ3) is 4.71. The zero-order valence-electron chi connectivity index (χ0n) is 10.3. The summed E-state index contributed by atoms with van der Waals surface area (Å²) < 4.78 is 30.6. The summed E-state index contributed by atoms with van der Waals surface area (Å²) in [7, 11) is -3.22. The van der Waals surface area contributed by atoms with Crippen LogP contribution in [0.2, 0.25) is 0 Å². The van der Waals surface area contributed by atoms with Crippen molar-refractivity contribution in [1.29, 1.82) is 0 Å². The third-order valence-corrected chi connectivity index (χ3v) is 4.00. The quantitative estimate of drug-likeness (QED) is 0.669. The van der Waals surface area contributed by atoms with Crippen molar-refractivity contribution in [3.05, 3.63) is 11.7 Å². The highest BCUT2D eigenvalue weighted by Gasteiger charge is 2.21. The minimum absolute atomic E-state index is 0.104. The molecule has 2 N–H and O–H groups in total. The molecule has 0 unspecified atom stereocenters. The van der Waals surface area contributed by atoms with Crippen LogP contribution in [-0.4, -0.2) is 43.4 Å². The third-order valence-electron chi connectivity index (χ3n) is 2.61. The van der Waals surface area contributed by atoms with Crippen molar-refractivity contribution in [2.45, 2.75) is 32.2 Å². The molecule has 0 amide bonds. The van der Waals surface area contributed by atoms with Crippen LogP contribution in [0.25, 0.3) is 0 Å². The van der Waals surface area contributed by atoms with Gasteiger partial charge in [-0.3, -0.25) is 0 Å². The molecule has 0 radical (unpaired) electrons. The van der Waals surface area contributed by atoms with Gasteiger partial charge >= 0.3 is 0 Å². The fraction of sp³-hybridized carbons (Fsp3) is 0.800. The average molecular weight is 274 g/mol. The Labute approximate surface area is 106 Å². The minimum Gasteiger partial charge on any atom is -0.339 e. The molecule has 0 bridgehead atoms. The van der Waals surface area contributed by atoms with Gasteiger partial charge in [0, 0.05) is 25.6 Å². The van der Waals surface area contributed by atoms with Gasteiger partial charge in [0.2, 0.25) is 15.9 Å². The van der Waals surface area contributed by atoms with E-state index >= 15 is 0 Å². The molecular formula is C10H18N4O3S. The number of rotatable bonds is 8. The first kappa shape index (κ1) is 13.4. The molecule has 18 heavy (non-hydrogen) atoms. The van der Waals surface area contributed by atoms with Crippen molar-refractivity contribution >= 4 is 10.0 Å². The summed E-state index contributed by atoms with van der Waals surface area (Å²) in [6.45, 7) is 2.51. The molecule has 1 heterocycles. The van der Waals surface area contributed by atoms with Gasteiger partial charge in [-0.05, 0) is 19.8 Å². The number of nitrogens with one attached hydrogen (secondary N) is 2. The van der Waals surface area contributed by atoms with E-state index in [2.05, 4.69) is 20.2 Å². The SMILES string of the molecule is Cc1noc(CCNS(=O)(=O)CCNC2CC2)n1. The normalized spacial score (nSPS) is 16.1. The maximum absolute atomic E-state index is 11.6. The topological polar surface area (TPSA) is 97.1 Å². The Morgan fingerprint density at radius 2 is 2.17 bits per heavy atom. The van der Waals surface area contributed by atoms with E-state index in [1.165, 1.54) is 0 Å². The molecule has 0 saturated heterocycles. The molecule has 7 nitrogen and oxygen atoms in total. The van der Waals surface area contributed by atoms with Gasteiger partial charge in [0.15, 0.2) is 5.82 Å². The van der Waals surface area contributed by atoms with Crippen LogP contribution in [0.5, 0.6) is 0 Å². The number of aryl methyl sites for hydroxylation is 1. The summed E-state index contributed by atoms with van der Waals surface area (Å²) in [6, 6.07) is 0.529. The molecule has 1 aromatic rings. The van der Waals surface area contributed by atoms with Gasteiger partial charge in [-0.25, -0.2) is 13.1 Å². The summed E-state index contributed by atoms with van der Waals surface area (Å²) in [5.41, 5.74) is 0. The number of nitrogens with zero attached hydrogens (tertiary/aromatic N) is 2. The molecule has 1 aliphatic carbocycles. The van der Waals surface area contributed by atoms with E-state index < -0.39 is 10.0 Å². The van der Waals surface area contributed by atoms with Crippen LogP contribution in [0.4, 0.5) is 0 Å². The maximum atomic E-state index is 11.6. The van der Waals surface area contributed by atoms with Crippen molar-refractivity contribution in [1.82, 2.24) is 20.2 Å². The molecule has 1 fully saturated rings. The van der Waals surface area contributed by atoms with Crippen molar-refractivity contribution in [2.75, 3.05) is 18.8 Å². The van der Waals surface area contributed by atoms with E-state index in [-0.39, 0.29) is 12.3 Å². The lowest BCUT2D eigenvalue weighted by Crippen LogP contribution is -2.33. The van der Waals surface area contributed by atoms with E-state index in [1.54, 1.807) is 6.92 Å². The summed E-state index contributed by atoms with van der Waals surface area (Å²) in [6.07, 6.45) is 2.73. The maximum Gasteiger partial charge on any atom is 0.227 e. The Bertz CT molecular complexity index is 481. The summed E-state index contributed by atoms with van der Waals surface area (Å²) in [5, 5.41) is 6.80. The standard InChI is InChI=1S/C10H18N4O3S/c1-8-13-10(17-14-8)4-5-12-18(15,16)7-6-11-9-2-3-9/h9,11-12H,2-7H2,1H3. The second-order valence-corrected chi connectivity index (χ2v) is 6.35. The molecule has 0 spiro atoms. The van der Waals surface area contributed by atoms with Crippen LogP contribution < -0.4 is 10.0 Å². The lowest BCUT2D eigenvalue weighted by Gasteiger charge is -2.05. The van der Waals surface area contributed by atoms with Crippen LogP contribution >= 0.6 is 0 Å². The van der Waals surface area contributed by atoms with Crippen molar-refractivity contribution in [3.8, 4) is 0 Å². The zero-order valence-corrected chi connectivity index (χ0v) is 11.2. The lowest BCUT2D eigenvalue weighted by molar-refractivity contribution is 0.375.